The molecular weight excluding hydrogens is 331 g/mol. The summed E-state index contributed by atoms with van der Waals surface area (Å²) in [5, 5.41) is 22.3. The third-order valence-corrected chi connectivity index (χ3v) is 3.10. The SMILES string of the molecule is O=C(O)CC(C(=O)O)S(=O)(=O)O.O=C(O)c1ccccc1.[NaH]. The Morgan fingerprint density at radius 2 is 1.45 bits per heavy atom. The van der Waals surface area contributed by atoms with Crippen molar-refractivity contribution in [2.75, 3.05) is 0 Å². The molecule has 0 aromatic heterocycles. The molecule has 0 amide bonds. The number of aliphatic carboxylic acids is 2. The van der Waals surface area contributed by atoms with Crippen LogP contribution < -0.4 is 0 Å². The molecule has 0 aliphatic carbocycles. The second-order valence-corrected chi connectivity index (χ2v) is 5.21. The van der Waals surface area contributed by atoms with E-state index in [0.717, 1.165) is 0 Å². The van der Waals surface area contributed by atoms with Gasteiger partial charge in [0.2, 0.25) is 0 Å². The maximum absolute atomic E-state index is 10.2. The van der Waals surface area contributed by atoms with Gasteiger partial charge in [0, 0.05) is 0 Å². The first kappa shape index (κ1) is 22.8. The van der Waals surface area contributed by atoms with Gasteiger partial charge in [-0.3, -0.25) is 14.1 Å². The molecule has 0 saturated heterocycles. The number of rotatable bonds is 5. The minimum absolute atomic E-state index is 0. The molecule has 0 aliphatic heterocycles. The third kappa shape index (κ3) is 9.47. The predicted molar refractivity (Wildman–Crippen MR) is 75.8 cm³/mol. The first-order valence-corrected chi connectivity index (χ1v) is 6.75. The van der Waals surface area contributed by atoms with Crippen molar-refractivity contribution >= 4 is 57.6 Å². The minimum atomic E-state index is -4.84. The van der Waals surface area contributed by atoms with Gasteiger partial charge in [-0.2, -0.15) is 8.42 Å². The molecule has 9 nitrogen and oxygen atoms in total. The van der Waals surface area contributed by atoms with Gasteiger partial charge in [-0.1, -0.05) is 18.2 Å². The quantitative estimate of drug-likeness (QED) is 0.408. The van der Waals surface area contributed by atoms with Crippen LogP contribution in [0, 0.1) is 0 Å². The molecule has 1 rings (SSSR count). The topological polar surface area (TPSA) is 166 Å². The molecule has 1 aromatic rings. The Morgan fingerprint density at radius 1 is 1.00 bits per heavy atom. The molecule has 1 unspecified atom stereocenters. The third-order valence-electron chi connectivity index (χ3n) is 2.02. The van der Waals surface area contributed by atoms with E-state index < -0.39 is 39.7 Å². The summed E-state index contributed by atoms with van der Waals surface area (Å²) in [6, 6.07) is 8.30. The monoisotopic (exact) mass is 344 g/mol. The van der Waals surface area contributed by atoms with Gasteiger partial charge in [-0.25, -0.2) is 4.79 Å². The molecule has 0 spiro atoms. The number of benzene rings is 1. The summed E-state index contributed by atoms with van der Waals surface area (Å²) in [5.74, 6) is -4.38. The normalized spacial score (nSPS) is 11.1. The summed E-state index contributed by atoms with van der Waals surface area (Å²) in [4.78, 5) is 30.2. The van der Waals surface area contributed by atoms with E-state index in [1.807, 2.05) is 0 Å². The van der Waals surface area contributed by atoms with E-state index in [1.165, 1.54) is 0 Å². The molecule has 0 radical (unpaired) electrons. The van der Waals surface area contributed by atoms with Crippen molar-refractivity contribution in [3.05, 3.63) is 35.9 Å². The zero-order valence-corrected chi connectivity index (χ0v) is 11.2. The second kappa shape index (κ2) is 10.3. The average Bonchev–Trinajstić information content (AvgIpc) is 2.36. The standard InChI is InChI=1S/C7H6O2.C4H6O7S.Na.H/c8-7(9)6-4-2-1-3-5-6;5-3(6)1-2(4(7)8)12(9,10)11;;/h1-5H,(H,8,9);2H,1H2,(H,5,6)(H,7,8)(H,9,10,11);;. The summed E-state index contributed by atoms with van der Waals surface area (Å²) < 4.78 is 28.7. The first-order valence-electron chi connectivity index (χ1n) is 5.25. The Hall–Kier alpha value is -1.46. The average molecular weight is 344 g/mol. The molecule has 0 fully saturated rings. The van der Waals surface area contributed by atoms with Gasteiger partial charge in [-0.05, 0) is 12.1 Å². The fraction of sp³-hybridized carbons (Fsp3) is 0.182. The van der Waals surface area contributed by atoms with E-state index in [2.05, 4.69) is 0 Å². The van der Waals surface area contributed by atoms with E-state index >= 15 is 0 Å². The number of carbonyl (C=O) groups is 3. The number of carboxylic acids is 3. The van der Waals surface area contributed by atoms with Crippen LogP contribution in [-0.2, 0) is 19.7 Å². The summed E-state index contributed by atoms with van der Waals surface area (Å²) in [6.45, 7) is 0. The van der Waals surface area contributed by atoms with Crippen molar-refractivity contribution in [2.24, 2.45) is 0 Å². The maximum atomic E-state index is 10.2. The van der Waals surface area contributed by atoms with E-state index in [-0.39, 0.29) is 29.6 Å². The Morgan fingerprint density at radius 3 is 1.64 bits per heavy atom. The second-order valence-electron chi connectivity index (χ2n) is 3.61. The molecule has 22 heavy (non-hydrogen) atoms. The van der Waals surface area contributed by atoms with Crippen LogP contribution in [0.3, 0.4) is 0 Å². The Bertz CT molecular complexity index is 612. The molecular formula is C11H13NaO9S. The number of hydrogen-bond donors (Lipinski definition) is 4. The zero-order valence-electron chi connectivity index (χ0n) is 10.4. The van der Waals surface area contributed by atoms with Crippen molar-refractivity contribution in [3.8, 4) is 0 Å². The van der Waals surface area contributed by atoms with Gasteiger partial charge in [0.25, 0.3) is 10.1 Å². The van der Waals surface area contributed by atoms with Crippen LogP contribution in [0.1, 0.15) is 16.8 Å². The van der Waals surface area contributed by atoms with Crippen LogP contribution >= 0.6 is 0 Å². The number of carboxylic acid groups (broad SMARTS) is 3. The fourth-order valence-electron chi connectivity index (χ4n) is 1.06. The summed E-state index contributed by atoms with van der Waals surface area (Å²) in [6.07, 6.45) is -1.16. The van der Waals surface area contributed by atoms with Crippen molar-refractivity contribution in [2.45, 2.75) is 11.7 Å². The van der Waals surface area contributed by atoms with Crippen LogP contribution in [0.2, 0.25) is 0 Å². The van der Waals surface area contributed by atoms with Gasteiger partial charge < -0.3 is 15.3 Å². The Kier molecular flexibility index (Phi) is 10.7. The van der Waals surface area contributed by atoms with Crippen molar-refractivity contribution in [1.29, 1.82) is 0 Å². The van der Waals surface area contributed by atoms with Gasteiger partial charge >= 0.3 is 47.5 Å². The molecule has 1 aromatic carbocycles. The van der Waals surface area contributed by atoms with E-state index in [0.29, 0.717) is 5.56 Å². The predicted octanol–water partition coefficient (Wildman–Crippen LogP) is -0.462. The number of aromatic carboxylic acids is 1. The molecule has 0 aliphatic rings. The Balaban J connectivity index is 0. The molecule has 118 valence electrons. The Labute approximate surface area is 147 Å². The van der Waals surface area contributed by atoms with Crippen LogP contribution in [-0.4, -0.2) is 81.0 Å². The summed E-state index contributed by atoms with van der Waals surface area (Å²) >= 11 is 0. The van der Waals surface area contributed by atoms with E-state index in [1.54, 1.807) is 30.3 Å². The molecule has 0 saturated carbocycles. The fourth-order valence-corrected chi connectivity index (χ4v) is 1.67. The van der Waals surface area contributed by atoms with E-state index in [4.69, 9.17) is 19.9 Å². The zero-order chi connectivity index (χ0) is 16.6. The molecule has 0 bridgehead atoms. The van der Waals surface area contributed by atoms with Gasteiger partial charge in [0.05, 0.1) is 12.0 Å². The van der Waals surface area contributed by atoms with Gasteiger partial charge in [0.1, 0.15) is 0 Å². The van der Waals surface area contributed by atoms with Gasteiger partial charge in [0.15, 0.2) is 5.25 Å². The van der Waals surface area contributed by atoms with Crippen LogP contribution in [0.15, 0.2) is 30.3 Å². The summed E-state index contributed by atoms with van der Waals surface area (Å²) in [7, 11) is -4.84. The van der Waals surface area contributed by atoms with E-state index in [9.17, 15) is 22.8 Å². The number of hydrogen-bond acceptors (Lipinski definition) is 5. The van der Waals surface area contributed by atoms with Crippen LogP contribution in [0.5, 0.6) is 0 Å². The summed E-state index contributed by atoms with van der Waals surface area (Å²) in [5.41, 5.74) is 0.331. The molecule has 4 N–H and O–H groups in total. The molecule has 0 heterocycles. The molecule has 11 heteroatoms. The first-order chi connectivity index (χ1) is 9.55. The van der Waals surface area contributed by atoms with Crippen LogP contribution in [0.25, 0.3) is 0 Å². The molecule has 1 atom stereocenters. The van der Waals surface area contributed by atoms with Crippen molar-refractivity contribution in [1.82, 2.24) is 0 Å². The van der Waals surface area contributed by atoms with Gasteiger partial charge in [-0.15, -0.1) is 0 Å². The van der Waals surface area contributed by atoms with Crippen molar-refractivity contribution < 1.29 is 42.7 Å². The van der Waals surface area contributed by atoms with Crippen molar-refractivity contribution in [3.63, 3.8) is 0 Å². The van der Waals surface area contributed by atoms with Crippen LogP contribution in [0.4, 0.5) is 0 Å².